The molecule has 0 unspecified atom stereocenters. The van der Waals surface area contributed by atoms with Gasteiger partial charge in [0.05, 0.1) is 22.6 Å². The van der Waals surface area contributed by atoms with Crippen molar-refractivity contribution in [2.45, 2.75) is 23.9 Å². The molecule has 0 bridgehead atoms. The van der Waals surface area contributed by atoms with Gasteiger partial charge in [-0.15, -0.1) is 10.2 Å². The molecule has 0 spiro atoms. The zero-order valence-corrected chi connectivity index (χ0v) is 13.8. The van der Waals surface area contributed by atoms with E-state index in [0.717, 1.165) is 26.4 Å². The van der Waals surface area contributed by atoms with Crippen molar-refractivity contribution in [1.29, 1.82) is 5.26 Å². The molecule has 0 aliphatic rings. The number of nitrogens with zero attached hydrogens (tertiary/aromatic N) is 5. The SMILES string of the molecule is Cc1nnc(SCc2c(C#N)c(C)nn2-c2ccccc2)s1. The van der Waals surface area contributed by atoms with Crippen LogP contribution in [0.1, 0.15) is 22.0 Å². The molecule has 3 rings (SSSR count). The van der Waals surface area contributed by atoms with E-state index in [1.807, 2.05) is 48.9 Å². The summed E-state index contributed by atoms with van der Waals surface area (Å²) in [6.07, 6.45) is 0. The van der Waals surface area contributed by atoms with Gasteiger partial charge in [-0.1, -0.05) is 41.3 Å². The number of rotatable bonds is 4. The molecule has 0 aliphatic carbocycles. The molecule has 22 heavy (non-hydrogen) atoms. The Balaban J connectivity index is 1.96. The number of benzene rings is 1. The molecule has 0 aliphatic heterocycles. The van der Waals surface area contributed by atoms with Crippen LogP contribution in [-0.4, -0.2) is 20.0 Å². The minimum Gasteiger partial charge on any atom is -0.235 e. The van der Waals surface area contributed by atoms with Crippen LogP contribution in [0.4, 0.5) is 0 Å². The maximum atomic E-state index is 9.42. The molecule has 110 valence electrons. The van der Waals surface area contributed by atoms with E-state index in [1.54, 1.807) is 23.1 Å². The molecule has 5 nitrogen and oxygen atoms in total. The molecule has 2 heterocycles. The number of aromatic nitrogens is 4. The highest BCUT2D eigenvalue weighted by Crippen LogP contribution is 2.29. The highest BCUT2D eigenvalue weighted by molar-refractivity contribution is 8.00. The molecule has 0 atom stereocenters. The topological polar surface area (TPSA) is 67.4 Å². The van der Waals surface area contributed by atoms with Crippen LogP contribution >= 0.6 is 23.1 Å². The van der Waals surface area contributed by atoms with Crippen molar-refractivity contribution < 1.29 is 0 Å². The van der Waals surface area contributed by atoms with Gasteiger partial charge in [0.25, 0.3) is 0 Å². The van der Waals surface area contributed by atoms with Crippen molar-refractivity contribution in [3.63, 3.8) is 0 Å². The van der Waals surface area contributed by atoms with E-state index in [2.05, 4.69) is 21.4 Å². The summed E-state index contributed by atoms with van der Waals surface area (Å²) in [5.74, 6) is 0.632. The van der Waals surface area contributed by atoms with Gasteiger partial charge in [0, 0.05) is 5.75 Å². The number of hydrogen-bond donors (Lipinski definition) is 0. The van der Waals surface area contributed by atoms with E-state index in [4.69, 9.17) is 0 Å². The van der Waals surface area contributed by atoms with Gasteiger partial charge in [-0.2, -0.15) is 10.4 Å². The Kier molecular flexibility index (Phi) is 4.22. The lowest BCUT2D eigenvalue weighted by molar-refractivity contribution is 0.828. The van der Waals surface area contributed by atoms with Crippen molar-refractivity contribution in [1.82, 2.24) is 20.0 Å². The fraction of sp³-hybridized carbons (Fsp3) is 0.200. The summed E-state index contributed by atoms with van der Waals surface area (Å²) >= 11 is 3.14. The molecular weight excluding hydrogens is 314 g/mol. The fourth-order valence-corrected chi connectivity index (χ4v) is 3.92. The summed E-state index contributed by atoms with van der Waals surface area (Å²) in [5, 5.41) is 23.0. The van der Waals surface area contributed by atoms with Gasteiger partial charge >= 0.3 is 0 Å². The number of aryl methyl sites for hydroxylation is 2. The third-order valence-electron chi connectivity index (χ3n) is 3.11. The molecule has 2 aromatic heterocycles. The summed E-state index contributed by atoms with van der Waals surface area (Å²) < 4.78 is 2.74. The van der Waals surface area contributed by atoms with Crippen LogP contribution in [0.5, 0.6) is 0 Å². The average molecular weight is 327 g/mol. The first kappa shape index (κ1) is 14.8. The highest BCUT2D eigenvalue weighted by atomic mass is 32.2. The van der Waals surface area contributed by atoms with Crippen LogP contribution in [0.25, 0.3) is 5.69 Å². The Morgan fingerprint density at radius 2 is 2.00 bits per heavy atom. The van der Waals surface area contributed by atoms with Crippen LogP contribution in [-0.2, 0) is 5.75 Å². The first-order valence-electron chi connectivity index (χ1n) is 6.66. The molecule has 0 N–H and O–H groups in total. The maximum absolute atomic E-state index is 9.42. The first-order valence-corrected chi connectivity index (χ1v) is 8.46. The van der Waals surface area contributed by atoms with Gasteiger partial charge < -0.3 is 0 Å². The molecule has 3 aromatic rings. The molecule has 0 saturated carbocycles. The van der Waals surface area contributed by atoms with Gasteiger partial charge in [-0.25, -0.2) is 4.68 Å². The highest BCUT2D eigenvalue weighted by Gasteiger charge is 2.17. The largest absolute Gasteiger partial charge is 0.235 e. The van der Waals surface area contributed by atoms with Crippen molar-refractivity contribution >= 4 is 23.1 Å². The number of para-hydroxylation sites is 1. The molecule has 0 saturated heterocycles. The minimum absolute atomic E-state index is 0.632. The Hall–Kier alpha value is -2.17. The van der Waals surface area contributed by atoms with E-state index in [9.17, 15) is 5.26 Å². The maximum Gasteiger partial charge on any atom is 0.174 e. The Morgan fingerprint density at radius 3 is 2.64 bits per heavy atom. The zero-order valence-electron chi connectivity index (χ0n) is 12.1. The summed E-state index contributed by atoms with van der Waals surface area (Å²) in [6.45, 7) is 3.79. The van der Waals surface area contributed by atoms with Crippen LogP contribution in [0.3, 0.4) is 0 Å². The average Bonchev–Trinajstić information content (AvgIpc) is 3.09. The summed E-state index contributed by atoms with van der Waals surface area (Å²) in [4.78, 5) is 0. The van der Waals surface area contributed by atoms with E-state index in [1.165, 1.54) is 0 Å². The predicted molar refractivity (Wildman–Crippen MR) is 87.2 cm³/mol. The third kappa shape index (κ3) is 2.89. The van der Waals surface area contributed by atoms with Gasteiger partial charge in [0.2, 0.25) is 0 Å². The second-order valence-corrected chi connectivity index (χ2v) is 7.05. The third-order valence-corrected chi connectivity index (χ3v) is 5.09. The van der Waals surface area contributed by atoms with E-state index in [0.29, 0.717) is 11.3 Å². The lowest BCUT2D eigenvalue weighted by atomic mass is 10.2. The second kappa shape index (κ2) is 6.30. The van der Waals surface area contributed by atoms with Gasteiger partial charge in [-0.05, 0) is 26.0 Å². The fourth-order valence-electron chi connectivity index (χ4n) is 2.10. The van der Waals surface area contributed by atoms with Crippen LogP contribution in [0.15, 0.2) is 34.7 Å². The summed E-state index contributed by atoms with van der Waals surface area (Å²) in [5.41, 5.74) is 3.23. The molecule has 0 amide bonds. The molecule has 0 fully saturated rings. The Morgan fingerprint density at radius 1 is 1.23 bits per heavy atom. The van der Waals surface area contributed by atoms with Crippen molar-refractivity contribution in [3.05, 3.63) is 52.3 Å². The van der Waals surface area contributed by atoms with Crippen molar-refractivity contribution in [3.8, 4) is 11.8 Å². The van der Waals surface area contributed by atoms with Crippen molar-refractivity contribution in [2.75, 3.05) is 0 Å². The smallest absolute Gasteiger partial charge is 0.174 e. The molecular formula is C15H13N5S2. The predicted octanol–water partition coefficient (Wildman–Crippen LogP) is 3.50. The van der Waals surface area contributed by atoms with Crippen LogP contribution in [0.2, 0.25) is 0 Å². The van der Waals surface area contributed by atoms with E-state index in [-0.39, 0.29) is 0 Å². The summed E-state index contributed by atoms with van der Waals surface area (Å²) in [6, 6.07) is 12.1. The molecule has 7 heteroatoms. The number of hydrogen-bond acceptors (Lipinski definition) is 6. The summed E-state index contributed by atoms with van der Waals surface area (Å²) in [7, 11) is 0. The Bertz CT molecular complexity index is 829. The van der Waals surface area contributed by atoms with E-state index >= 15 is 0 Å². The normalized spacial score (nSPS) is 10.6. The lowest BCUT2D eigenvalue weighted by Crippen LogP contribution is -2.01. The Labute approximate surface area is 136 Å². The van der Waals surface area contributed by atoms with Gasteiger partial charge in [0.1, 0.15) is 11.1 Å². The standard InChI is InChI=1S/C15H13N5S2/c1-10-13(8-16)14(9-21-15-18-17-11(2)22-15)20(19-10)12-6-4-3-5-7-12/h3-7H,9H2,1-2H3. The quantitative estimate of drug-likeness (QED) is 0.686. The second-order valence-electron chi connectivity index (χ2n) is 4.64. The van der Waals surface area contributed by atoms with Crippen molar-refractivity contribution in [2.24, 2.45) is 0 Å². The monoisotopic (exact) mass is 327 g/mol. The molecule has 0 radical (unpaired) electrons. The van der Waals surface area contributed by atoms with Gasteiger partial charge in [0.15, 0.2) is 4.34 Å². The first-order chi connectivity index (χ1) is 10.7. The van der Waals surface area contributed by atoms with E-state index < -0.39 is 0 Å². The van der Waals surface area contributed by atoms with Crippen LogP contribution < -0.4 is 0 Å². The lowest BCUT2D eigenvalue weighted by Gasteiger charge is -2.06. The zero-order chi connectivity index (χ0) is 15.5. The number of nitriles is 1. The van der Waals surface area contributed by atoms with Crippen LogP contribution in [0, 0.1) is 25.2 Å². The number of thioether (sulfide) groups is 1. The minimum atomic E-state index is 0.632. The molecule has 1 aromatic carbocycles. The van der Waals surface area contributed by atoms with Gasteiger partial charge in [-0.3, -0.25) is 0 Å².